The van der Waals surface area contributed by atoms with Gasteiger partial charge in [0.2, 0.25) is 0 Å². The lowest BCUT2D eigenvalue weighted by Crippen LogP contribution is -2.03. The van der Waals surface area contributed by atoms with Crippen LogP contribution in [0, 0.1) is 12.8 Å². The molecule has 0 aliphatic heterocycles. The Labute approximate surface area is 205 Å². The molecule has 0 saturated carbocycles. The molecule has 0 aliphatic rings. The number of nitrogens with one attached hydrogen (secondary N) is 1. The molecule has 7 heteroatoms. The lowest BCUT2D eigenvalue weighted by molar-refractivity contribution is 0.417. The zero-order valence-corrected chi connectivity index (χ0v) is 20.8. The van der Waals surface area contributed by atoms with E-state index < -0.39 is 0 Å². The summed E-state index contributed by atoms with van der Waals surface area (Å²) in [5, 5.41) is 10.1. The molecule has 5 rings (SSSR count). The van der Waals surface area contributed by atoms with Crippen LogP contribution in [0.15, 0.2) is 67.3 Å². The molecular weight excluding hydrogens is 436 g/mol. The molecule has 0 radical (unpaired) electrons. The van der Waals surface area contributed by atoms with Crippen LogP contribution in [-0.4, -0.2) is 31.4 Å². The Morgan fingerprint density at radius 3 is 2.49 bits per heavy atom. The highest BCUT2D eigenvalue weighted by Crippen LogP contribution is 2.33. The highest BCUT2D eigenvalue weighted by molar-refractivity contribution is 5.89. The average molecular weight is 467 g/mol. The summed E-state index contributed by atoms with van der Waals surface area (Å²) >= 11 is 0. The Morgan fingerprint density at radius 2 is 1.74 bits per heavy atom. The monoisotopic (exact) mass is 466 g/mol. The first-order valence-electron chi connectivity index (χ1n) is 11.8. The second kappa shape index (κ2) is 9.25. The number of aryl methyl sites for hydroxylation is 1. The molecule has 1 N–H and O–H groups in total. The summed E-state index contributed by atoms with van der Waals surface area (Å²) in [6.07, 6.45) is 7.81. The number of benzene rings is 2. The van der Waals surface area contributed by atoms with Gasteiger partial charge in [0.1, 0.15) is 17.4 Å². The van der Waals surface area contributed by atoms with E-state index in [4.69, 9.17) is 4.74 Å². The van der Waals surface area contributed by atoms with Gasteiger partial charge in [0.25, 0.3) is 0 Å². The Bertz CT molecular complexity index is 1500. The quantitative estimate of drug-likeness (QED) is 0.309. The van der Waals surface area contributed by atoms with E-state index in [1.807, 2.05) is 49.4 Å². The first kappa shape index (κ1) is 22.7. The molecule has 3 aromatic heterocycles. The molecule has 0 spiro atoms. The Kier molecular flexibility index (Phi) is 5.99. The lowest BCUT2D eigenvalue weighted by atomic mass is 10.0. The summed E-state index contributed by atoms with van der Waals surface area (Å²) in [4.78, 5) is 9.02. The van der Waals surface area contributed by atoms with E-state index in [0.29, 0.717) is 5.92 Å². The molecule has 35 heavy (non-hydrogen) atoms. The van der Waals surface area contributed by atoms with Crippen molar-refractivity contribution < 1.29 is 4.74 Å². The normalized spacial score (nSPS) is 11.4. The Hall–Kier alpha value is -4.13. The first-order valence-corrected chi connectivity index (χ1v) is 11.8. The molecule has 0 amide bonds. The number of fused-ring (bicyclic) bond motifs is 1. The molecule has 0 saturated heterocycles. The van der Waals surface area contributed by atoms with Crippen LogP contribution in [-0.2, 0) is 13.6 Å². The number of nitrogens with zero attached hydrogens (tertiary/aromatic N) is 5. The van der Waals surface area contributed by atoms with Crippen molar-refractivity contribution in [2.45, 2.75) is 27.3 Å². The van der Waals surface area contributed by atoms with Gasteiger partial charge in [-0.3, -0.25) is 4.68 Å². The molecule has 0 fully saturated rings. The summed E-state index contributed by atoms with van der Waals surface area (Å²) in [5.74, 6) is 3.02. The minimum Gasteiger partial charge on any atom is -0.495 e. The van der Waals surface area contributed by atoms with Crippen molar-refractivity contribution in [2.75, 3.05) is 12.4 Å². The van der Waals surface area contributed by atoms with Crippen LogP contribution in [0.5, 0.6) is 5.75 Å². The van der Waals surface area contributed by atoms with Crippen LogP contribution >= 0.6 is 0 Å². The van der Waals surface area contributed by atoms with Crippen molar-refractivity contribution in [3.63, 3.8) is 0 Å². The highest BCUT2D eigenvalue weighted by atomic mass is 16.5. The van der Waals surface area contributed by atoms with E-state index in [1.54, 1.807) is 7.11 Å². The van der Waals surface area contributed by atoms with Crippen molar-refractivity contribution >= 4 is 22.3 Å². The van der Waals surface area contributed by atoms with E-state index in [-0.39, 0.29) is 0 Å². The number of anilines is 2. The van der Waals surface area contributed by atoms with Gasteiger partial charge < -0.3 is 14.6 Å². The van der Waals surface area contributed by atoms with E-state index >= 15 is 0 Å². The molecule has 7 nitrogen and oxygen atoms in total. The predicted molar refractivity (Wildman–Crippen MR) is 141 cm³/mol. The Balaban J connectivity index is 1.43. The summed E-state index contributed by atoms with van der Waals surface area (Å²) in [5.41, 5.74) is 5.19. The molecule has 0 bridgehead atoms. The summed E-state index contributed by atoms with van der Waals surface area (Å²) in [7, 11) is 3.69. The van der Waals surface area contributed by atoms with Crippen LogP contribution in [0.4, 0.5) is 11.5 Å². The fourth-order valence-corrected chi connectivity index (χ4v) is 4.24. The van der Waals surface area contributed by atoms with E-state index in [2.05, 4.69) is 75.3 Å². The molecule has 0 unspecified atom stereocenters. The van der Waals surface area contributed by atoms with Gasteiger partial charge >= 0.3 is 0 Å². The maximum Gasteiger partial charge on any atom is 0.143 e. The van der Waals surface area contributed by atoms with Gasteiger partial charge in [-0.05, 0) is 48.1 Å². The molecule has 5 aromatic rings. The van der Waals surface area contributed by atoms with Crippen molar-refractivity contribution in [3.8, 4) is 28.1 Å². The lowest BCUT2D eigenvalue weighted by Gasteiger charge is -2.13. The van der Waals surface area contributed by atoms with E-state index in [9.17, 15) is 0 Å². The molecular formula is C28H30N6O. The predicted octanol–water partition coefficient (Wildman–Crippen LogP) is 6.22. The fourth-order valence-electron chi connectivity index (χ4n) is 4.24. The number of hydrogen-bond donors (Lipinski definition) is 1. The van der Waals surface area contributed by atoms with Crippen molar-refractivity contribution in [3.05, 3.63) is 73.1 Å². The summed E-state index contributed by atoms with van der Waals surface area (Å²) in [6, 6.07) is 14.6. The molecule has 0 aliphatic carbocycles. The maximum absolute atomic E-state index is 5.69. The van der Waals surface area contributed by atoms with E-state index in [0.717, 1.165) is 62.8 Å². The standard InChI is InChI=1S/C28H30N6O/c1-18(2)16-34-17-24(14-31-34)20-6-7-22-13-30-28(12-23(22)10-20)32-25-9-8-21(11-27(25)35-5)26-15-29-19(3)33(26)4/h6-15,17-18H,16H2,1-5H3,(H,30,32). The van der Waals surface area contributed by atoms with Crippen LogP contribution < -0.4 is 10.1 Å². The van der Waals surface area contributed by atoms with Gasteiger partial charge in [-0.2, -0.15) is 5.10 Å². The zero-order chi connectivity index (χ0) is 24.5. The second-order valence-corrected chi connectivity index (χ2v) is 9.27. The molecule has 0 atom stereocenters. The summed E-state index contributed by atoms with van der Waals surface area (Å²) < 4.78 is 9.76. The van der Waals surface area contributed by atoms with Gasteiger partial charge in [0, 0.05) is 42.5 Å². The van der Waals surface area contributed by atoms with Crippen LogP contribution in [0.25, 0.3) is 33.2 Å². The number of pyridine rings is 1. The van der Waals surface area contributed by atoms with Gasteiger partial charge in [-0.1, -0.05) is 32.0 Å². The minimum absolute atomic E-state index is 0.554. The zero-order valence-electron chi connectivity index (χ0n) is 20.8. The van der Waals surface area contributed by atoms with Gasteiger partial charge in [0.15, 0.2) is 0 Å². The summed E-state index contributed by atoms with van der Waals surface area (Å²) in [6.45, 7) is 7.29. The SMILES string of the molecule is COc1cc(-c2cnc(C)n2C)ccc1Nc1cc2cc(-c3cnn(CC(C)C)c3)ccc2cn1. The van der Waals surface area contributed by atoms with Crippen molar-refractivity contribution in [1.82, 2.24) is 24.3 Å². The number of methoxy groups -OCH3 is 1. The van der Waals surface area contributed by atoms with Gasteiger partial charge in [0.05, 0.1) is 30.9 Å². The smallest absolute Gasteiger partial charge is 0.143 e. The van der Waals surface area contributed by atoms with Crippen LogP contribution in [0.1, 0.15) is 19.7 Å². The highest BCUT2D eigenvalue weighted by Gasteiger charge is 2.11. The number of ether oxygens (including phenoxy) is 1. The van der Waals surface area contributed by atoms with Gasteiger partial charge in [-0.15, -0.1) is 0 Å². The number of aromatic nitrogens is 5. The fraction of sp³-hybridized carbons (Fsp3) is 0.250. The second-order valence-electron chi connectivity index (χ2n) is 9.27. The third kappa shape index (κ3) is 4.62. The number of hydrogen-bond acceptors (Lipinski definition) is 5. The molecule has 2 aromatic carbocycles. The van der Waals surface area contributed by atoms with Gasteiger partial charge in [-0.25, -0.2) is 9.97 Å². The largest absolute Gasteiger partial charge is 0.495 e. The number of rotatable bonds is 7. The Morgan fingerprint density at radius 1 is 0.914 bits per heavy atom. The van der Waals surface area contributed by atoms with Crippen LogP contribution in [0.2, 0.25) is 0 Å². The first-order chi connectivity index (χ1) is 16.9. The third-order valence-electron chi connectivity index (χ3n) is 6.22. The molecule has 178 valence electrons. The third-order valence-corrected chi connectivity index (χ3v) is 6.22. The maximum atomic E-state index is 5.69. The number of imidazole rings is 1. The minimum atomic E-state index is 0.554. The molecule has 3 heterocycles. The van der Waals surface area contributed by atoms with E-state index in [1.165, 1.54) is 0 Å². The van der Waals surface area contributed by atoms with Crippen molar-refractivity contribution in [1.29, 1.82) is 0 Å². The topological polar surface area (TPSA) is 69.8 Å². The average Bonchev–Trinajstić information content (AvgIpc) is 3.45. The van der Waals surface area contributed by atoms with Crippen molar-refractivity contribution in [2.24, 2.45) is 13.0 Å². The van der Waals surface area contributed by atoms with Crippen LogP contribution in [0.3, 0.4) is 0 Å².